The molecule has 0 spiro atoms. The van der Waals surface area contributed by atoms with Crippen molar-refractivity contribution in [3.8, 4) is 5.69 Å². The third kappa shape index (κ3) is 2.63. The highest BCUT2D eigenvalue weighted by Crippen LogP contribution is 2.33. The van der Waals surface area contributed by atoms with Gasteiger partial charge in [-0.15, -0.1) is 0 Å². The van der Waals surface area contributed by atoms with Crippen molar-refractivity contribution in [2.75, 3.05) is 5.32 Å². The molecule has 0 aliphatic heterocycles. The lowest BCUT2D eigenvalue weighted by Gasteiger charge is -2.15. The third-order valence-electron chi connectivity index (χ3n) is 4.30. The molecule has 1 atom stereocenters. The van der Waals surface area contributed by atoms with E-state index in [0.717, 1.165) is 24.3 Å². The zero-order valence-corrected chi connectivity index (χ0v) is 12.6. The van der Waals surface area contributed by atoms with Crippen LogP contribution in [-0.2, 0) is 6.42 Å². The SMILES string of the molecule is O=c1ccccn1-c1ccc(NC2CCc3ccccc32)nc1. The molecule has 3 aromatic rings. The first kappa shape index (κ1) is 13.8. The molecule has 0 saturated carbocycles. The van der Waals surface area contributed by atoms with Gasteiger partial charge in [-0.2, -0.15) is 0 Å². The van der Waals surface area contributed by atoms with Crippen molar-refractivity contribution in [2.24, 2.45) is 0 Å². The third-order valence-corrected chi connectivity index (χ3v) is 4.30. The van der Waals surface area contributed by atoms with Crippen molar-refractivity contribution in [3.05, 3.63) is 88.5 Å². The van der Waals surface area contributed by atoms with E-state index >= 15 is 0 Å². The molecule has 23 heavy (non-hydrogen) atoms. The number of pyridine rings is 2. The van der Waals surface area contributed by atoms with Crippen LogP contribution in [0.2, 0.25) is 0 Å². The highest BCUT2D eigenvalue weighted by atomic mass is 16.1. The smallest absolute Gasteiger partial charge is 0.255 e. The summed E-state index contributed by atoms with van der Waals surface area (Å²) in [6.07, 6.45) is 5.66. The molecule has 0 saturated heterocycles. The van der Waals surface area contributed by atoms with Crippen molar-refractivity contribution < 1.29 is 0 Å². The number of rotatable bonds is 3. The van der Waals surface area contributed by atoms with Gasteiger partial charge in [0.25, 0.3) is 5.56 Å². The van der Waals surface area contributed by atoms with E-state index in [-0.39, 0.29) is 5.56 Å². The Bertz CT molecular complexity index is 883. The Morgan fingerprint density at radius 2 is 1.91 bits per heavy atom. The van der Waals surface area contributed by atoms with Crippen LogP contribution in [0.5, 0.6) is 0 Å². The predicted molar refractivity (Wildman–Crippen MR) is 91.0 cm³/mol. The minimum absolute atomic E-state index is 0.0558. The number of fused-ring (bicyclic) bond motifs is 1. The van der Waals surface area contributed by atoms with E-state index in [1.807, 2.05) is 18.2 Å². The van der Waals surface area contributed by atoms with Gasteiger partial charge in [-0.25, -0.2) is 4.98 Å². The van der Waals surface area contributed by atoms with Crippen LogP contribution in [0.4, 0.5) is 5.82 Å². The quantitative estimate of drug-likeness (QED) is 0.807. The second-order valence-electron chi connectivity index (χ2n) is 5.74. The van der Waals surface area contributed by atoms with Gasteiger partial charge in [0.1, 0.15) is 5.82 Å². The highest BCUT2D eigenvalue weighted by molar-refractivity contribution is 5.46. The molecule has 1 aliphatic carbocycles. The molecule has 0 bridgehead atoms. The molecule has 1 aliphatic rings. The van der Waals surface area contributed by atoms with Crippen molar-refractivity contribution in [3.63, 3.8) is 0 Å². The number of nitrogens with one attached hydrogen (secondary N) is 1. The Labute approximate surface area is 134 Å². The number of benzene rings is 1. The van der Waals surface area contributed by atoms with Gasteiger partial charge in [0, 0.05) is 12.3 Å². The lowest BCUT2D eigenvalue weighted by Crippen LogP contribution is -2.16. The second kappa shape index (κ2) is 5.72. The number of nitrogens with zero attached hydrogens (tertiary/aromatic N) is 2. The first-order valence-corrected chi connectivity index (χ1v) is 7.80. The van der Waals surface area contributed by atoms with Crippen LogP contribution in [0.15, 0.2) is 71.8 Å². The van der Waals surface area contributed by atoms with E-state index in [4.69, 9.17) is 0 Å². The van der Waals surface area contributed by atoms with Crippen LogP contribution in [0.1, 0.15) is 23.6 Å². The maximum absolute atomic E-state index is 11.8. The summed E-state index contributed by atoms with van der Waals surface area (Å²) in [7, 11) is 0. The number of anilines is 1. The number of aromatic nitrogens is 2. The summed E-state index contributed by atoms with van der Waals surface area (Å²) in [5, 5.41) is 3.49. The van der Waals surface area contributed by atoms with Crippen LogP contribution in [-0.4, -0.2) is 9.55 Å². The van der Waals surface area contributed by atoms with E-state index in [2.05, 4.69) is 34.6 Å². The average Bonchev–Trinajstić information content (AvgIpc) is 2.99. The van der Waals surface area contributed by atoms with Crippen molar-refractivity contribution in [1.82, 2.24) is 9.55 Å². The molecular weight excluding hydrogens is 286 g/mol. The fourth-order valence-corrected chi connectivity index (χ4v) is 3.14. The Hall–Kier alpha value is -2.88. The Balaban J connectivity index is 1.56. The average molecular weight is 303 g/mol. The summed E-state index contributed by atoms with van der Waals surface area (Å²) >= 11 is 0. The van der Waals surface area contributed by atoms with Crippen LogP contribution in [0, 0.1) is 0 Å². The number of aryl methyl sites for hydroxylation is 1. The molecule has 4 rings (SSSR count). The Morgan fingerprint density at radius 1 is 1.04 bits per heavy atom. The zero-order chi connectivity index (χ0) is 15.6. The van der Waals surface area contributed by atoms with Crippen molar-refractivity contribution in [2.45, 2.75) is 18.9 Å². The minimum Gasteiger partial charge on any atom is -0.363 e. The maximum Gasteiger partial charge on any atom is 0.255 e. The van der Waals surface area contributed by atoms with E-state index in [0.29, 0.717) is 6.04 Å². The van der Waals surface area contributed by atoms with Crippen LogP contribution in [0.25, 0.3) is 5.69 Å². The molecule has 1 unspecified atom stereocenters. The molecule has 0 amide bonds. The Kier molecular flexibility index (Phi) is 3.42. The molecule has 114 valence electrons. The fraction of sp³-hybridized carbons (Fsp3) is 0.158. The topological polar surface area (TPSA) is 46.9 Å². The lowest BCUT2D eigenvalue weighted by molar-refractivity contribution is 0.757. The van der Waals surface area contributed by atoms with Gasteiger partial charge in [-0.3, -0.25) is 9.36 Å². The maximum atomic E-state index is 11.8. The predicted octanol–water partition coefficient (Wildman–Crippen LogP) is 3.33. The summed E-state index contributed by atoms with van der Waals surface area (Å²) in [6, 6.07) is 17.8. The summed E-state index contributed by atoms with van der Waals surface area (Å²) in [5.74, 6) is 0.833. The van der Waals surface area contributed by atoms with Crippen molar-refractivity contribution in [1.29, 1.82) is 0 Å². The molecule has 4 nitrogen and oxygen atoms in total. The van der Waals surface area contributed by atoms with E-state index in [1.54, 1.807) is 29.1 Å². The largest absolute Gasteiger partial charge is 0.363 e. The van der Waals surface area contributed by atoms with Gasteiger partial charge < -0.3 is 5.32 Å². The van der Waals surface area contributed by atoms with E-state index in [9.17, 15) is 4.79 Å². The number of hydrogen-bond acceptors (Lipinski definition) is 3. The van der Waals surface area contributed by atoms with Crippen LogP contribution >= 0.6 is 0 Å². The molecule has 0 radical (unpaired) electrons. The van der Waals surface area contributed by atoms with Crippen LogP contribution in [0.3, 0.4) is 0 Å². The lowest BCUT2D eigenvalue weighted by atomic mass is 10.1. The highest BCUT2D eigenvalue weighted by Gasteiger charge is 2.21. The monoisotopic (exact) mass is 303 g/mol. The number of hydrogen-bond donors (Lipinski definition) is 1. The molecule has 0 fully saturated rings. The van der Waals surface area contributed by atoms with Crippen LogP contribution < -0.4 is 10.9 Å². The summed E-state index contributed by atoms with van der Waals surface area (Å²) in [4.78, 5) is 16.3. The van der Waals surface area contributed by atoms with Gasteiger partial charge in [-0.1, -0.05) is 30.3 Å². The molecular formula is C19H17N3O. The van der Waals surface area contributed by atoms with Gasteiger partial charge in [0.15, 0.2) is 0 Å². The summed E-state index contributed by atoms with van der Waals surface area (Å²) < 4.78 is 1.58. The van der Waals surface area contributed by atoms with Gasteiger partial charge in [0.05, 0.1) is 17.9 Å². The zero-order valence-electron chi connectivity index (χ0n) is 12.6. The normalized spacial score (nSPS) is 16.1. The standard InChI is InChI=1S/C19H17N3O/c23-19-7-3-4-12-22(19)15-9-11-18(20-13-15)21-17-10-8-14-5-1-2-6-16(14)17/h1-7,9,11-13,17H,8,10H2,(H,20,21). The molecule has 4 heteroatoms. The molecule has 1 aromatic carbocycles. The van der Waals surface area contributed by atoms with Gasteiger partial charge >= 0.3 is 0 Å². The Morgan fingerprint density at radius 3 is 2.74 bits per heavy atom. The fourth-order valence-electron chi connectivity index (χ4n) is 3.14. The molecule has 2 heterocycles. The first-order valence-electron chi connectivity index (χ1n) is 7.80. The first-order chi connectivity index (χ1) is 11.3. The summed E-state index contributed by atoms with van der Waals surface area (Å²) in [6.45, 7) is 0. The van der Waals surface area contributed by atoms with Gasteiger partial charge in [0.2, 0.25) is 0 Å². The summed E-state index contributed by atoms with van der Waals surface area (Å²) in [5.41, 5.74) is 3.49. The van der Waals surface area contributed by atoms with Crippen molar-refractivity contribution >= 4 is 5.82 Å². The minimum atomic E-state index is -0.0558. The van der Waals surface area contributed by atoms with Gasteiger partial charge in [-0.05, 0) is 42.2 Å². The van der Waals surface area contributed by atoms with E-state index in [1.165, 1.54) is 11.1 Å². The molecule has 2 aromatic heterocycles. The second-order valence-corrected chi connectivity index (χ2v) is 5.74. The molecule has 1 N–H and O–H groups in total. The van der Waals surface area contributed by atoms with E-state index < -0.39 is 0 Å².